The Kier molecular flexibility index (Phi) is 9.09. The summed E-state index contributed by atoms with van der Waals surface area (Å²) in [5.74, 6) is 2.02. The molecule has 3 N–H and O–H groups in total. The number of hydrogen-bond acceptors (Lipinski definition) is 6. The summed E-state index contributed by atoms with van der Waals surface area (Å²) in [5, 5.41) is 18.5. The third-order valence-corrected chi connectivity index (χ3v) is 6.57. The average molecular weight is 497 g/mol. The normalized spacial score (nSPS) is 14.2. The van der Waals surface area contributed by atoms with Crippen molar-refractivity contribution in [2.75, 3.05) is 17.2 Å². The monoisotopic (exact) mass is 496 g/mol. The smallest absolute Gasteiger partial charge is 0.242 e. The van der Waals surface area contributed by atoms with E-state index in [-0.39, 0.29) is 5.91 Å². The summed E-state index contributed by atoms with van der Waals surface area (Å²) in [6, 6.07) is 14.6. The van der Waals surface area contributed by atoms with Crippen molar-refractivity contribution in [3.63, 3.8) is 0 Å². The van der Waals surface area contributed by atoms with Gasteiger partial charge in [0.1, 0.15) is 17.7 Å². The molecule has 1 aliphatic rings. The van der Waals surface area contributed by atoms with E-state index in [1.54, 1.807) is 12.1 Å². The molecule has 4 rings (SSSR count). The zero-order chi connectivity index (χ0) is 25.9. The quantitative estimate of drug-likeness (QED) is 0.248. The molecular formula is C28H32N8O. The van der Waals surface area contributed by atoms with E-state index >= 15 is 0 Å². The van der Waals surface area contributed by atoms with Crippen LogP contribution < -0.4 is 16.0 Å². The third kappa shape index (κ3) is 7.55. The van der Waals surface area contributed by atoms with E-state index in [0.717, 1.165) is 24.8 Å². The summed E-state index contributed by atoms with van der Waals surface area (Å²) in [7, 11) is 0. The molecule has 0 unspecified atom stereocenters. The van der Waals surface area contributed by atoms with Gasteiger partial charge in [-0.1, -0.05) is 56.4 Å². The van der Waals surface area contributed by atoms with Crippen LogP contribution in [0.15, 0.2) is 54.9 Å². The second kappa shape index (κ2) is 13.1. The Hall–Kier alpha value is -4.37. The lowest BCUT2D eigenvalue weighted by Gasteiger charge is -2.27. The van der Waals surface area contributed by atoms with Gasteiger partial charge in [0.15, 0.2) is 5.69 Å². The molecule has 2 heterocycles. The number of nitrogens with one attached hydrogen (secondary N) is 3. The van der Waals surface area contributed by atoms with Crippen molar-refractivity contribution in [1.82, 2.24) is 19.9 Å². The van der Waals surface area contributed by atoms with Crippen LogP contribution in [0.25, 0.3) is 10.7 Å². The van der Waals surface area contributed by atoms with Crippen LogP contribution in [0.1, 0.15) is 50.5 Å². The predicted octanol–water partition coefficient (Wildman–Crippen LogP) is 5.21. The molecule has 37 heavy (non-hydrogen) atoms. The van der Waals surface area contributed by atoms with E-state index in [9.17, 15) is 4.79 Å². The fraction of sp³-hybridized carbons (Fsp3) is 0.393. The summed E-state index contributed by atoms with van der Waals surface area (Å²) in [6.07, 6.45) is 10.8. The highest BCUT2D eigenvalue weighted by Gasteiger charge is 2.25. The van der Waals surface area contributed by atoms with Crippen LogP contribution in [-0.2, 0) is 11.3 Å². The van der Waals surface area contributed by atoms with Gasteiger partial charge < -0.3 is 20.5 Å². The summed E-state index contributed by atoms with van der Waals surface area (Å²) in [5.41, 5.74) is 1.52. The first kappa shape index (κ1) is 25.7. The van der Waals surface area contributed by atoms with Gasteiger partial charge in [0.25, 0.3) is 0 Å². The van der Waals surface area contributed by atoms with E-state index in [1.165, 1.54) is 19.3 Å². The van der Waals surface area contributed by atoms with Gasteiger partial charge in [-0.15, -0.1) is 0 Å². The molecular weight excluding hydrogens is 464 g/mol. The molecule has 0 bridgehead atoms. The second-order valence-electron chi connectivity index (χ2n) is 9.29. The molecule has 190 valence electrons. The van der Waals surface area contributed by atoms with Crippen molar-refractivity contribution in [1.29, 1.82) is 5.26 Å². The van der Waals surface area contributed by atoms with Crippen LogP contribution in [0.4, 0.5) is 17.5 Å². The first-order chi connectivity index (χ1) is 18.1. The maximum Gasteiger partial charge on any atom is 0.242 e. The Morgan fingerprint density at radius 1 is 1.16 bits per heavy atom. The molecule has 1 fully saturated rings. The second-order valence-corrected chi connectivity index (χ2v) is 9.29. The van der Waals surface area contributed by atoms with Crippen LogP contribution in [0.3, 0.4) is 0 Å². The highest BCUT2D eigenvalue weighted by molar-refractivity contribution is 5.84. The molecule has 0 spiro atoms. The van der Waals surface area contributed by atoms with Crippen molar-refractivity contribution >= 4 is 23.4 Å². The number of nitriles is 1. The number of aromatic nitrogens is 3. The first-order valence-corrected chi connectivity index (χ1v) is 12.8. The molecule has 0 aliphatic heterocycles. The zero-order valence-electron chi connectivity index (χ0n) is 20.9. The third-order valence-electron chi connectivity index (χ3n) is 6.57. The number of rotatable bonds is 11. The van der Waals surface area contributed by atoms with E-state index in [1.807, 2.05) is 47.3 Å². The lowest BCUT2D eigenvalue weighted by atomic mass is 9.84. The summed E-state index contributed by atoms with van der Waals surface area (Å²) < 4.78 is 1.88. The highest BCUT2D eigenvalue weighted by atomic mass is 16.2. The molecule has 9 nitrogen and oxygen atoms in total. The number of nitrogens with zero attached hydrogens (tertiary/aromatic N) is 5. The van der Waals surface area contributed by atoms with Crippen LogP contribution >= 0.6 is 0 Å². The standard InChI is InChI=1S/C28H32N8O/c1-30-23-12-10-22(11-13-23)20-32-27(37)24(18-21-8-3-2-4-9-21)33-25-19-26(36-16-5-6-17-36)35-28(34-25)31-15-7-14-29/h5-6,10-13,16-17,19,21,24H,2-4,7-9,15,18,20H2,(H,32,37)(H2,31,33,34,35)/t24-/m1/s1. The Bertz CT molecular complexity index is 1230. The fourth-order valence-electron chi connectivity index (χ4n) is 4.60. The predicted molar refractivity (Wildman–Crippen MR) is 143 cm³/mol. The van der Waals surface area contributed by atoms with Crippen LogP contribution in [0.5, 0.6) is 0 Å². The van der Waals surface area contributed by atoms with Crippen molar-refractivity contribution in [2.24, 2.45) is 5.92 Å². The van der Waals surface area contributed by atoms with Crippen molar-refractivity contribution in [2.45, 2.75) is 57.5 Å². The zero-order valence-corrected chi connectivity index (χ0v) is 20.9. The van der Waals surface area contributed by atoms with Crippen LogP contribution in [0, 0.1) is 23.8 Å². The van der Waals surface area contributed by atoms with Gasteiger partial charge in [-0.3, -0.25) is 4.79 Å². The summed E-state index contributed by atoms with van der Waals surface area (Å²) in [6.45, 7) is 7.93. The molecule has 0 saturated heterocycles. The Balaban J connectivity index is 1.53. The van der Waals surface area contributed by atoms with Crippen molar-refractivity contribution in [3.05, 3.63) is 71.8 Å². The molecule has 3 aromatic rings. The molecule has 1 amide bonds. The molecule has 1 aliphatic carbocycles. The highest BCUT2D eigenvalue weighted by Crippen LogP contribution is 2.28. The number of carbonyl (C=O) groups excluding carboxylic acids is 1. The Labute approximate surface area is 217 Å². The molecule has 0 radical (unpaired) electrons. The summed E-state index contributed by atoms with van der Waals surface area (Å²) in [4.78, 5) is 26.0. The van der Waals surface area contributed by atoms with Gasteiger partial charge in [-0.25, -0.2) is 4.85 Å². The largest absolute Gasteiger partial charge is 0.358 e. The van der Waals surface area contributed by atoms with Crippen LogP contribution in [0.2, 0.25) is 0 Å². The maximum atomic E-state index is 13.4. The van der Waals surface area contributed by atoms with Gasteiger partial charge in [-0.2, -0.15) is 15.2 Å². The molecule has 9 heteroatoms. The van der Waals surface area contributed by atoms with Crippen molar-refractivity contribution in [3.8, 4) is 11.9 Å². The number of carbonyl (C=O) groups is 1. The van der Waals surface area contributed by atoms with Gasteiger partial charge in [0, 0.05) is 31.5 Å². The van der Waals surface area contributed by atoms with Gasteiger partial charge >= 0.3 is 0 Å². The van der Waals surface area contributed by atoms with E-state index in [2.05, 4.69) is 36.8 Å². The van der Waals surface area contributed by atoms with Crippen LogP contribution in [-0.4, -0.2) is 33.0 Å². The average Bonchev–Trinajstić information content (AvgIpc) is 3.48. The SMILES string of the molecule is [C-]#[N+]c1ccc(CNC(=O)[C@@H](CC2CCCCC2)Nc2cc(-n3cccc3)nc(NCCC#N)n2)cc1. The maximum absolute atomic E-state index is 13.4. The van der Waals surface area contributed by atoms with E-state index < -0.39 is 6.04 Å². The fourth-order valence-corrected chi connectivity index (χ4v) is 4.60. The first-order valence-electron chi connectivity index (χ1n) is 12.8. The minimum absolute atomic E-state index is 0.0834. The Morgan fingerprint density at radius 3 is 2.62 bits per heavy atom. The van der Waals surface area contributed by atoms with E-state index in [4.69, 9.17) is 11.8 Å². The minimum Gasteiger partial charge on any atom is -0.358 e. The molecule has 1 aromatic carbocycles. The topological polar surface area (TPSA) is 112 Å². The minimum atomic E-state index is -0.454. The Morgan fingerprint density at radius 2 is 1.92 bits per heavy atom. The summed E-state index contributed by atoms with van der Waals surface area (Å²) >= 11 is 0. The van der Waals surface area contributed by atoms with E-state index in [0.29, 0.717) is 48.7 Å². The van der Waals surface area contributed by atoms with Gasteiger partial charge in [0.2, 0.25) is 11.9 Å². The molecule has 1 atom stereocenters. The number of amides is 1. The number of hydrogen-bond donors (Lipinski definition) is 3. The lowest BCUT2D eigenvalue weighted by Crippen LogP contribution is -2.41. The number of benzene rings is 1. The van der Waals surface area contributed by atoms with Gasteiger partial charge in [-0.05, 0) is 30.0 Å². The molecule has 1 saturated carbocycles. The molecule has 2 aromatic heterocycles. The van der Waals surface area contributed by atoms with Gasteiger partial charge in [0.05, 0.1) is 19.1 Å². The lowest BCUT2D eigenvalue weighted by molar-refractivity contribution is -0.122. The number of anilines is 2. The van der Waals surface area contributed by atoms with Crippen molar-refractivity contribution < 1.29 is 4.79 Å².